The fraction of sp³-hybridized carbons (Fsp3) is 0.421. The Kier molecular flexibility index (Phi) is 5.60. The average molecular weight is 339 g/mol. The lowest BCUT2D eigenvalue weighted by molar-refractivity contribution is 0.0946. The molecule has 0 radical (unpaired) electrons. The highest BCUT2D eigenvalue weighted by molar-refractivity contribution is 5.96. The number of carbonyl (C=O) groups excluding carboxylic acids is 1. The molecule has 1 amide bonds. The molecule has 1 aromatic heterocycles. The Morgan fingerprint density at radius 2 is 1.96 bits per heavy atom. The molecule has 6 heteroatoms. The lowest BCUT2D eigenvalue weighted by Crippen LogP contribution is -2.33. The van der Waals surface area contributed by atoms with Gasteiger partial charge in [-0.15, -0.1) is 0 Å². The maximum atomic E-state index is 12.1. The van der Waals surface area contributed by atoms with Crippen LogP contribution < -0.4 is 11.1 Å². The molecule has 6 nitrogen and oxygen atoms in total. The predicted molar refractivity (Wildman–Crippen MR) is 97.7 cm³/mol. The van der Waals surface area contributed by atoms with Crippen molar-refractivity contribution in [2.45, 2.75) is 32.9 Å². The zero-order valence-corrected chi connectivity index (χ0v) is 14.6. The van der Waals surface area contributed by atoms with Crippen LogP contribution in [-0.2, 0) is 13.1 Å². The fourth-order valence-corrected chi connectivity index (χ4v) is 3.24. The van der Waals surface area contributed by atoms with Crippen molar-refractivity contribution in [3.63, 3.8) is 0 Å². The van der Waals surface area contributed by atoms with Crippen molar-refractivity contribution in [1.29, 1.82) is 0 Å². The third kappa shape index (κ3) is 4.76. The van der Waals surface area contributed by atoms with Crippen LogP contribution in [0.25, 0.3) is 0 Å². The van der Waals surface area contributed by atoms with Crippen LogP contribution in [0, 0.1) is 5.92 Å². The van der Waals surface area contributed by atoms with Crippen molar-refractivity contribution in [3.05, 3.63) is 53.5 Å². The normalized spacial score (nSPS) is 18.0. The number of carbonyl (C=O) groups is 1. The van der Waals surface area contributed by atoms with Gasteiger partial charge < -0.3 is 11.1 Å². The van der Waals surface area contributed by atoms with Crippen LogP contribution in [0.3, 0.4) is 0 Å². The first-order valence-corrected chi connectivity index (χ1v) is 8.76. The average Bonchev–Trinajstić information content (AvgIpc) is 2.61. The molecular weight excluding hydrogens is 314 g/mol. The number of nitrogens with one attached hydrogen (secondary N) is 1. The molecule has 132 valence electrons. The molecule has 3 rings (SSSR count). The van der Waals surface area contributed by atoms with E-state index in [1.165, 1.54) is 43.9 Å². The molecule has 0 bridgehead atoms. The maximum Gasteiger partial charge on any atom is 0.273 e. The Labute approximate surface area is 148 Å². The van der Waals surface area contributed by atoms with Crippen LogP contribution in [0.5, 0.6) is 0 Å². The van der Waals surface area contributed by atoms with E-state index >= 15 is 0 Å². The molecule has 1 atom stereocenters. The Hall–Kier alpha value is -2.47. The van der Waals surface area contributed by atoms with E-state index in [0.717, 1.165) is 18.0 Å². The minimum Gasteiger partial charge on any atom is -0.382 e. The van der Waals surface area contributed by atoms with Crippen LogP contribution in [0.4, 0.5) is 5.82 Å². The molecule has 0 spiro atoms. The zero-order chi connectivity index (χ0) is 17.6. The number of nitrogens with two attached hydrogens (primary N) is 1. The van der Waals surface area contributed by atoms with Gasteiger partial charge >= 0.3 is 0 Å². The van der Waals surface area contributed by atoms with Crippen LogP contribution in [0.1, 0.15) is 41.4 Å². The molecule has 2 heterocycles. The van der Waals surface area contributed by atoms with Gasteiger partial charge in [0.1, 0.15) is 0 Å². The maximum absolute atomic E-state index is 12.1. The molecule has 1 aliphatic heterocycles. The first kappa shape index (κ1) is 17.4. The summed E-state index contributed by atoms with van der Waals surface area (Å²) in [5.74, 6) is 0.625. The van der Waals surface area contributed by atoms with Crippen molar-refractivity contribution in [3.8, 4) is 0 Å². The number of rotatable bonds is 5. The quantitative estimate of drug-likeness (QED) is 0.872. The molecule has 0 unspecified atom stereocenters. The molecule has 3 N–H and O–H groups in total. The number of hydrogen-bond acceptors (Lipinski definition) is 5. The van der Waals surface area contributed by atoms with E-state index in [0.29, 0.717) is 6.54 Å². The summed E-state index contributed by atoms with van der Waals surface area (Å²) in [7, 11) is 0. The zero-order valence-electron chi connectivity index (χ0n) is 14.6. The Balaban J connectivity index is 1.52. The number of likely N-dealkylation sites (tertiary alicyclic amines) is 1. The highest BCUT2D eigenvalue weighted by Crippen LogP contribution is 2.18. The van der Waals surface area contributed by atoms with Gasteiger partial charge in [-0.2, -0.15) is 0 Å². The lowest BCUT2D eigenvalue weighted by atomic mass is 9.99. The largest absolute Gasteiger partial charge is 0.382 e. The Morgan fingerprint density at radius 1 is 1.24 bits per heavy atom. The molecule has 1 saturated heterocycles. The van der Waals surface area contributed by atoms with Gasteiger partial charge in [0.2, 0.25) is 0 Å². The topological polar surface area (TPSA) is 84.1 Å². The SMILES string of the molecule is C[C@@H]1CCCN(Cc2ccc(CNC(=O)c3nccnc3N)cc2)C1. The first-order chi connectivity index (χ1) is 12.1. The van der Waals surface area contributed by atoms with Gasteiger partial charge in [-0.05, 0) is 36.4 Å². The highest BCUT2D eigenvalue weighted by Gasteiger charge is 2.16. The summed E-state index contributed by atoms with van der Waals surface area (Å²) < 4.78 is 0. The standard InChI is InChI=1S/C19H25N5O/c1-14-3-2-10-24(12-14)13-16-6-4-15(5-7-16)11-23-19(25)17-18(20)22-9-8-21-17/h4-9,14H,2-3,10-13H2,1H3,(H2,20,22)(H,23,25)/t14-/m1/s1. The highest BCUT2D eigenvalue weighted by atomic mass is 16.1. The summed E-state index contributed by atoms with van der Waals surface area (Å²) >= 11 is 0. The molecular formula is C19H25N5O. The van der Waals surface area contributed by atoms with Crippen LogP contribution in [-0.4, -0.2) is 33.9 Å². The molecule has 0 saturated carbocycles. The molecule has 25 heavy (non-hydrogen) atoms. The molecule has 2 aromatic rings. The van der Waals surface area contributed by atoms with Gasteiger partial charge in [0, 0.05) is 32.0 Å². The molecule has 1 aliphatic rings. The molecule has 1 aromatic carbocycles. The first-order valence-electron chi connectivity index (χ1n) is 8.76. The van der Waals surface area contributed by atoms with Gasteiger partial charge in [-0.1, -0.05) is 31.2 Å². The number of benzene rings is 1. The van der Waals surface area contributed by atoms with Crippen molar-refractivity contribution in [1.82, 2.24) is 20.2 Å². The second-order valence-corrected chi connectivity index (χ2v) is 6.77. The molecule has 0 aliphatic carbocycles. The summed E-state index contributed by atoms with van der Waals surface area (Å²) in [6.45, 7) is 6.11. The Bertz CT molecular complexity index is 716. The van der Waals surface area contributed by atoms with E-state index in [-0.39, 0.29) is 17.4 Å². The van der Waals surface area contributed by atoms with E-state index < -0.39 is 0 Å². The van der Waals surface area contributed by atoms with Gasteiger partial charge in [0.25, 0.3) is 5.91 Å². The number of nitrogens with zero attached hydrogens (tertiary/aromatic N) is 3. The van der Waals surface area contributed by atoms with Crippen molar-refractivity contribution >= 4 is 11.7 Å². The number of nitrogen functional groups attached to an aromatic ring is 1. The van der Waals surface area contributed by atoms with Crippen LogP contribution >= 0.6 is 0 Å². The van der Waals surface area contributed by atoms with Crippen molar-refractivity contribution in [2.24, 2.45) is 5.92 Å². The summed E-state index contributed by atoms with van der Waals surface area (Å²) in [4.78, 5) is 22.5. The smallest absolute Gasteiger partial charge is 0.273 e. The Morgan fingerprint density at radius 3 is 2.68 bits per heavy atom. The van der Waals surface area contributed by atoms with Crippen LogP contribution in [0.2, 0.25) is 0 Å². The van der Waals surface area contributed by atoms with Gasteiger partial charge in [-0.3, -0.25) is 9.69 Å². The van der Waals surface area contributed by atoms with E-state index in [9.17, 15) is 4.79 Å². The number of amides is 1. The molecule has 1 fully saturated rings. The van der Waals surface area contributed by atoms with Gasteiger partial charge in [-0.25, -0.2) is 9.97 Å². The van der Waals surface area contributed by atoms with Gasteiger partial charge in [0.15, 0.2) is 11.5 Å². The fourth-order valence-electron chi connectivity index (χ4n) is 3.24. The monoisotopic (exact) mass is 339 g/mol. The summed E-state index contributed by atoms with van der Waals surface area (Å²) in [5.41, 5.74) is 8.19. The summed E-state index contributed by atoms with van der Waals surface area (Å²) in [6, 6.07) is 8.39. The lowest BCUT2D eigenvalue weighted by Gasteiger charge is -2.30. The van der Waals surface area contributed by atoms with E-state index in [2.05, 4.69) is 51.4 Å². The van der Waals surface area contributed by atoms with Crippen LogP contribution in [0.15, 0.2) is 36.7 Å². The van der Waals surface area contributed by atoms with Crippen molar-refractivity contribution < 1.29 is 4.79 Å². The van der Waals surface area contributed by atoms with E-state index in [1.807, 2.05) is 0 Å². The number of piperidine rings is 1. The third-order valence-corrected chi connectivity index (χ3v) is 4.56. The van der Waals surface area contributed by atoms with E-state index in [4.69, 9.17) is 5.73 Å². The second-order valence-electron chi connectivity index (χ2n) is 6.77. The number of hydrogen-bond donors (Lipinski definition) is 2. The summed E-state index contributed by atoms with van der Waals surface area (Å²) in [6.07, 6.45) is 5.55. The number of anilines is 1. The minimum absolute atomic E-state index is 0.145. The minimum atomic E-state index is -0.308. The summed E-state index contributed by atoms with van der Waals surface area (Å²) in [5, 5.41) is 2.83. The van der Waals surface area contributed by atoms with E-state index in [1.54, 1.807) is 0 Å². The second kappa shape index (κ2) is 8.07. The number of aromatic nitrogens is 2. The third-order valence-electron chi connectivity index (χ3n) is 4.56. The van der Waals surface area contributed by atoms with Gasteiger partial charge in [0.05, 0.1) is 0 Å². The van der Waals surface area contributed by atoms with Crippen molar-refractivity contribution in [2.75, 3.05) is 18.8 Å². The predicted octanol–water partition coefficient (Wildman–Crippen LogP) is 2.22.